The lowest BCUT2D eigenvalue weighted by Crippen LogP contribution is -2.10. The number of rotatable bonds is 9. The molecule has 2 rings (SSSR count). The third-order valence-corrected chi connectivity index (χ3v) is 4.23. The zero-order valence-corrected chi connectivity index (χ0v) is 16.9. The second kappa shape index (κ2) is 9.92. The number of methoxy groups -OCH3 is 2. The van der Waals surface area contributed by atoms with Gasteiger partial charge in [0.15, 0.2) is 19.4 Å². The minimum Gasteiger partial charge on any atom is -0.507 e. The van der Waals surface area contributed by atoms with Gasteiger partial charge in [-0.3, -0.25) is 4.79 Å². The van der Waals surface area contributed by atoms with Crippen molar-refractivity contribution in [2.45, 2.75) is 20.8 Å². The summed E-state index contributed by atoms with van der Waals surface area (Å²) >= 11 is 0. The van der Waals surface area contributed by atoms with Crippen molar-refractivity contribution in [3.05, 3.63) is 58.2 Å². The van der Waals surface area contributed by atoms with E-state index in [9.17, 15) is 9.90 Å². The first-order chi connectivity index (χ1) is 13.4. The number of aromatic hydroxyl groups is 1. The molecule has 6 nitrogen and oxygen atoms in total. The predicted molar refractivity (Wildman–Crippen MR) is 107 cm³/mol. The third kappa shape index (κ3) is 4.91. The molecule has 0 atom stereocenters. The Kier molecular flexibility index (Phi) is 7.61. The molecule has 0 unspecified atom stereocenters. The van der Waals surface area contributed by atoms with Crippen molar-refractivity contribution in [1.82, 2.24) is 0 Å². The lowest BCUT2D eigenvalue weighted by Gasteiger charge is -2.20. The van der Waals surface area contributed by atoms with Crippen LogP contribution >= 0.6 is 0 Å². The molecule has 0 aliphatic heterocycles. The highest BCUT2D eigenvalue weighted by Crippen LogP contribution is 2.42. The Morgan fingerprint density at radius 2 is 1.50 bits per heavy atom. The molecule has 0 fully saturated rings. The molecule has 2 aromatic carbocycles. The van der Waals surface area contributed by atoms with Gasteiger partial charge < -0.3 is 24.1 Å². The van der Waals surface area contributed by atoms with Crippen molar-refractivity contribution in [1.29, 1.82) is 0 Å². The molecule has 150 valence electrons. The van der Waals surface area contributed by atoms with Crippen LogP contribution in [0.25, 0.3) is 6.08 Å². The zero-order chi connectivity index (χ0) is 20.7. The first-order valence-electron chi connectivity index (χ1n) is 8.79. The van der Waals surface area contributed by atoms with Crippen molar-refractivity contribution in [2.24, 2.45) is 0 Å². The fourth-order valence-corrected chi connectivity index (χ4v) is 2.77. The minimum atomic E-state index is -0.381. The van der Waals surface area contributed by atoms with Crippen LogP contribution in [0.1, 0.15) is 32.6 Å². The summed E-state index contributed by atoms with van der Waals surface area (Å²) in [6.07, 6.45) is 3.11. The topological polar surface area (TPSA) is 74.2 Å². The second-order valence-corrected chi connectivity index (χ2v) is 6.34. The lowest BCUT2D eigenvalue weighted by atomic mass is 9.98. The summed E-state index contributed by atoms with van der Waals surface area (Å²) in [6.45, 7) is 5.35. The summed E-state index contributed by atoms with van der Waals surface area (Å²) in [5, 5.41) is 10.7. The summed E-state index contributed by atoms with van der Waals surface area (Å²) in [4.78, 5) is 12.9. The van der Waals surface area contributed by atoms with Gasteiger partial charge in [-0.1, -0.05) is 35.9 Å². The van der Waals surface area contributed by atoms with Crippen molar-refractivity contribution in [3.8, 4) is 17.2 Å². The Labute approximate surface area is 165 Å². The standard InChI is InChI=1S/C22H26O6/c1-14-6-8-17(9-7-14)10-11-18(23)19-20(24)15(2)21(27-12-25-4)16(3)22(19)28-13-26-5/h6-11,24H,12-13H2,1-5H3/b11-10+. The average Bonchev–Trinajstić information content (AvgIpc) is 2.69. The lowest BCUT2D eigenvalue weighted by molar-refractivity contribution is 0.0439. The molecule has 6 heteroatoms. The van der Waals surface area contributed by atoms with Gasteiger partial charge in [0.1, 0.15) is 22.8 Å². The smallest absolute Gasteiger partial charge is 0.193 e. The number of phenols is 1. The van der Waals surface area contributed by atoms with E-state index in [4.69, 9.17) is 18.9 Å². The highest BCUT2D eigenvalue weighted by molar-refractivity contribution is 6.11. The normalized spacial score (nSPS) is 11.0. The molecular weight excluding hydrogens is 360 g/mol. The SMILES string of the molecule is COCOc1c(C)c(O)c(C(=O)/C=C/c2ccc(C)cc2)c(OCOC)c1C. The van der Waals surface area contributed by atoms with Crippen LogP contribution in [0.3, 0.4) is 0 Å². The van der Waals surface area contributed by atoms with Crippen LogP contribution in [-0.4, -0.2) is 38.7 Å². The molecule has 0 bridgehead atoms. The van der Waals surface area contributed by atoms with Crippen molar-refractivity contribution < 1.29 is 28.8 Å². The van der Waals surface area contributed by atoms with E-state index in [0.29, 0.717) is 16.9 Å². The Bertz CT molecular complexity index is 853. The van der Waals surface area contributed by atoms with Crippen LogP contribution in [0.4, 0.5) is 0 Å². The van der Waals surface area contributed by atoms with Crippen LogP contribution < -0.4 is 9.47 Å². The van der Waals surface area contributed by atoms with E-state index in [1.807, 2.05) is 31.2 Å². The van der Waals surface area contributed by atoms with Crippen molar-refractivity contribution in [2.75, 3.05) is 27.8 Å². The molecule has 0 amide bonds. The number of aryl methyl sites for hydroxylation is 1. The summed E-state index contributed by atoms with van der Waals surface area (Å²) < 4.78 is 21.1. The fraction of sp³-hybridized carbons (Fsp3) is 0.318. The van der Waals surface area contributed by atoms with Gasteiger partial charge in [-0.2, -0.15) is 0 Å². The first kappa shape index (κ1) is 21.5. The molecule has 0 aliphatic carbocycles. The van der Waals surface area contributed by atoms with Crippen molar-refractivity contribution in [3.63, 3.8) is 0 Å². The van der Waals surface area contributed by atoms with Gasteiger partial charge in [-0.05, 0) is 32.4 Å². The maximum absolute atomic E-state index is 12.9. The number of phenolic OH excluding ortho intramolecular Hbond substituents is 1. The van der Waals surface area contributed by atoms with E-state index in [2.05, 4.69) is 0 Å². The Morgan fingerprint density at radius 3 is 2.07 bits per heavy atom. The number of carbonyl (C=O) groups excluding carboxylic acids is 1. The van der Waals surface area contributed by atoms with Crippen molar-refractivity contribution >= 4 is 11.9 Å². The quantitative estimate of drug-likeness (QED) is 0.396. The minimum absolute atomic E-state index is 0.00541. The van der Waals surface area contributed by atoms with Crippen LogP contribution in [0, 0.1) is 20.8 Å². The summed E-state index contributed by atoms with van der Waals surface area (Å²) in [5.74, 6) is 0.0501. The van der Waals surface area contributed by atoms with E-state index < -0.39 is 0 Å². The number of ketones is 1. The van der Waals surface area contributed by atoms with E-state index >= 15 is 0 Å². The Balaban J connectivity index is 2.47. The maximum Gasteiger partial charge on any atom is 0.193 e. The molecule has 0 spiro atoms. The monoisotopic (exact) mass is 386 g/mol. The van der Waals surface area contributed by atoms with Gasteiger partial charge in [0.05, 0.1) is 0 Å². The number of ether oxygens (including phenoxy) is 4. The molecule has 0 saturated carbocycles. The van der Waals surface area contributed by atoms with Gasteiger partial charge in [-0.25, -0.2) is 0 Å². The van der Waals surface area contributed by atoms with Gasteiger partial charge in [0, 0.05) is 25.3 Å². The molecule has 28 heavy (non-hydrogen) atoms. The Hall–Kier alpha value is -2.83. The van der Waals surface area contributed by atoms with E-state index in [0.717, 1.165) is 11.1 Å². The molecule has 1 N–H and O–H groups in total. The highest BCUT2D eigenvalue weighted by Gasteiger charge is 2.25. The van der Waals surface area contributed by atoms with E-state index in [-0.39, 0.29) is 36.4 Å². The van der Waals surface area contributed by atoms with Crippen LogP contribution in [0.15, 0.2) is 30.3 Å². The third-order valence-electron chi connectivity index (χ3n) is 4.23. The average molecular weight is 386 g/mol. The van der Waals surface area contributed by atoms with E-state index in [1.165, 1.54) is 20.3 Å². The maximum atomic E-state index is 12.9. The molecule has 0 saturated heterocycles. The molecule has 0 heterocycles. The highest BCUT2D eigenvalue weighted by atomic mass is 16.7. The molecular formula is C22H26O6. The van der Waals surface area contributed by atoms with Crippen LogP contribution in [0.5, 0.6) is 17.2 Å². The summed E-state index contributed by atoms with van der Waals surface area (Å²) in [6, 6.07) is 7.76. The number of carbonyl (C=O) groups is 1. The van der Waals surface area contributed by atoms with Crippen LogP contribution in [-0.2, 0) is 9.47 Å². The van der Waals surface area contributed by atoms with Gasteiger partial charge in [0.25, 0.3) is 0 Å². The zero-order valence-electron chi connectivity index (χ0n) is 16.9. The van der Waals surface area contributed by atoms with Gasteiger partial charge in [-0.15, -0.1) is 0 Å². The molecule has 0 radical (unpaired) electrons. The summed E-state index contributed by atoms with van der Waals surface area (Å²) in [7, 11) is 2.98. The second-order valence-electron chi connectivity index (χ2n) is 6.34. The molecule has 2 aromatic rings. The molecule has 0 aromatic heterocycles. The van der Waals surface area contributed by atoms with Gasteiger partial charge >= 0.3 is 0 Å². The first-order valence-corrected chi connectivity index (χ1v) is 8.79. The number of benzene rings is 2. The Morgan fingerprint density at radius 1 is 0.929 bits per heavy atom. The number of hydrogen-bond donors (Lipinski definition) is 1. The molecule has 0 aliphatic rings. The number of hydrogen-bond acceptors (Lipinski definition) is 6. The van der Waals surface area contributed by atoms with Crippen LogP contribution in [0.2, 0.25) is 0 Å². The van der Waals surface area contributed by atoms with E-state index in [1.54, 1.807) is 19.9 Å². The summed E-state index contributed by atoms with van der Waals surface area (Å²) in [5.41, 5.74) is 3.10. The number of allylic oxidation sites excluding steroid dienone is 1. The predicted octanol–water partition coefficient (Wildman–Crippen LogP) is 4.18. The fourth-order valence-electron chi connectivity index (χ4n) is 2.77. The largest absolute Gasteiger partial charge is 0.507 e. The van der Waals surface area contributed by atoms with Gasteiger partial charge in [0.2, 0.25) is 0 Å².